The van der Waals surface area contributed by atoms with Gasteiger partial charge in [0.25, 0.3) is 11.8 Å². The highest BCUT2D eigenvalue weighted by Crippen LogP contribution is 2.05. The van der Waals surface area contributed by atoms with Gasteiger partial charge in [0, 0.05) is 11.1 Å². The number of carbonyl (C=O) groups is 4. The lowest BCUT2D eigenvalue weighted by Crippen LogP contribution is -2.39. The van der Waals surface area contributed by atoms with Crippen LogP contribution in [0.5, 0.6) is 0 Å². The molecule has 0 aliphatic heterocycles. The van der Waals surface area contributed by atoms with Crippen LogP contribution >= 0.6 is 0 Å². The van der Waals surface area contributed by atoms with E-state index in [-0.39, 0.29) is 22.1 Å². The summed E-state index contributed by atoms with van der Waals surface area (Å²) in [6, 6.07) is 3.34. The van der Waals surface area contributed by atoms with Crippen LogP contribution in [0.3, 0.4) is 0 Å². The molecule has 0 fully saturated rings. The van der Waals surface area contributed by atoms with Gasteiger partial charge in [0.15, 0.2) is 0 Å². The van der Waals surface area contributed by atoms with Crippen LogP contribution < -0.4 is 10.6 Å². The van der Waals surface area contributed by atoms with Gasteiger partial charge >= 0.3 is 11.9 Å². The quantitative estimate of drug-likeness (QED) is 0.481. The van der Waals surface area contributed by atoms with Crippen molar-refractivity contribution in [1.82, 2.24) is 10.6 Å². The number of carboxylic acid groups (broad SMARTS) is 2. The van der Waals surface area contributed by atoms with Crippen molar-refractivity contribution in [2.45, 2.75) is 25.9 Å². The minimum atomic E-state index is -1.16. The maximum Gasteiger partial charge on any atom is 0.325 e. The van der Waals surface area contributed by atoms with Crippen LogP contribution in [0.15, 0.2) is 24.3 Å². The third-order valence-corrected chi connectivity index (χ3v) is 2.85. The normalized spacial score (nSPS) is 11.8. The highest BCUT2D eigenvalue weighted by molar-refractivity contribution is 5.99. The summed E-state index contributed by atoms with van der Waals surface area (Å²) < 4.78 is 0. The van der Waals surface area contributed by atoms with Gasteiger partial charge in [-0.2, -0.15) is 0 Å². The molecule has 2 atom stereocenters. The first kappa shape index (κ1) is 23.3. The van der Waals surface area contributed by atoms with Crippen molar-refractivity contribution < 1.29 is 40.3 Å². The van der Waals surface area contributed by atoms with E-state index in [1.807, 2.05) is 0 Å². The van der Waals surface area contributed by atoms with Gasteiger partial charge in [-0.05, 0) is 38.1 Å². The van der Waals surface area contributed by atoms with Gasteiger partial charge in [0.05, 0.1) is 0 Å². The minimum absolute atomic E-state index is 0. The van der Waals surface area contributed by atoms with E-state index >= 15 is 0 Å². The Morgan fingerprint density at radius 2 is 1.00 bits per heavy atom. The van der Waals surface area contributed by atoms with Gasteiger partial charge in [-0.25, -0.2) is 0 Å². The highest BCUT2D eigenvalue weighted by Gasteiger charge is 2.17. The van der Waals surface area contributed by atoms with E-state index in [1.165, 1.54) is 38.1 Å². The Bertz CT molecular complexity index is 546. The number of hydrogen-bond acceptors (Lipinski definition) is 4. The summed E-state index contributed by atoms with van der Waals surface area (Å²) >= 11 is 0. The topological polar surface area (TPSA) is 196 Å². The Morgan fingerprint density at radius 1 is 0.750 bits per heavy atom. The summed E-state index contributed by atoms with van der Waals surface area (Å²) in [6.07, 6.45) is 0. The van der Waals surface area contributed by atoms with E-state index < -0.39 is 35.8 Å². The van der Waals surface area contributed by atoms with Gasteiger partial charge in [0.2, 0.25) is 0 Å². The van der Waals surface area contributed by atoms with Crippen LogP contribution in [-0.4, -0.2) is 57.0 Å². The molecule has 0 aliphatic carbocycles. The van der Waals surface area contributed by atoms with Crippen molar-refractivity contribution in [1.29, 1.82) is 0 Å². The molecule has 1 aromatic rings. The van der Waals surface area contributed by atoms with Crippen LogP contribution in [0.1, 0.15) is 34.6 Å². The number of aliphatic carboxylic acids is 2. The van der Waals surface area contributed by atoms with Crippen LogP contribution in [0.2, 0.25) is 0 Å². The number of carboxylic acids is 2. The summed E-state index contributed by atoms with van der Waals surface area (Å²) in [4.78, 5) is 44.8. The summed E-state index contributed by atoms with van der Waals surface area (Å²) in [5, 5.41) is 22.0. The average Bonchev–Trinajstić information content (AvgIpc) is 2.46. The lowest BCUT2D eigenvalue weighted by molar-refractivity contribution is -0.139. The second-order valence-corrected chi connectivity index (χ2v) is 4.64. The molecular weight excluding hydrogens is 324 g/mol. The van der Waals surface area contributed by atoms with Gasteiger partial charge in [-0.1, -0.05) is 0 Å². The average molecular weight is 344 g/mol. The number of benzene rings is 1. The number of rotatable bonds is 6. The highest BCUT2D eigenvalue weighted by atomic mass is 16.4. The third kappa shape index (κ3) is 6.42. The third-order valence-electron chi connectivity index (χ3n) is 2.85. The van der Waals surface area contributed by atoms with Gasteiger partial charge in [-0.3, -0.25) is 19.2 Å². The van der Waals surface area contributed by atoms with Crippen LogP contribution in [0, 0.1) is 0 Å². The first-order chi connectivity index (χ1) is 10.2. The second kappa shape index (κ2) is 9.92. The van der Waals surface area contributed by atoms with Crippen molar-refractivity contribution in [3.63, 3.8) is 0 Å². The molecule has 0 radical (unpaired) electrons. The monoisotopic (exact) mass is 344 g/mol. The molecule has 0 unspecified atom stereocenters. The lowest BCUT2D eigenvalue weighted by Gasteiger charge is -2.11. The van der Waals surface area contributed by atoms with Crippen molar-refractivity contribution in [3.05, 3.63) is 35.4 Å². The molecule has 10 heteroatoms. The maximum absolute atomic E-state index is 11.8. The largest absolute Gasteiger partial charge is 0.480 e. The molecule has 0 bridgehead atoms. The molecule has 0 saturated heterocycles. The molecule has 0 aliphatic rings. The fourth-order valence-electron chi connectivity index (χ4n) is 1.46. The van der Waals surface area contributed by atoms with Crippen LogP contribution in [0.25, 0.3) is 0 Å². The van der Waals surface area contributed by atoms with E-state index in [0.29, 0.717) is 0 Å². The fraction of sp³-hybridized carbons (Fsp3) is 0.286. The molecule has 2 amide bonds. The van der Waals surface area contributed by atoms with E-state index in [2.05, 4.69) is 10.6 Å². The molecule has 0 aromatic heterocycles. The first-order valence-corrected chi connectivity index (χ1v) is 6.39. The summed E-state index contributed by atoms with van der Waals surface area (Å²) in [6.45, 7) is 2.66. The zero-order valence-corrected chi connectivity index (χ0v) is 13.0. The van der Waals surface area contributed by atoms with E-state index in [0.717, 1.165) is 0 Å². The molecule has 1 aromatic carbocycles. The maximum atomic E-state index is 11.8. The summed E-state index contributed by atoms with van der Waals surface area (Å²) in [5.41, 5.74) is 0.381. The molecule has 0 spiro atoms. The Labute approximate surface area is 137 Å². The van der Waals surface area contributed by atoms with Crippen molar-refractivity contribution in [3.8, 4) is 0 Å². The van der Waals surface area contributed by atoms with Gasteiger partial charge in [-0.15, -0.1) is 0 Å². The zero-order chi connectivity index (χ0) is 16.9. The summed E-state index contributed by atoms with van der Waals surface area (Å²) in [7, 11) is 0. The van der Waals surface area contributed by atoms with E-state index in [4.69, 9.17) is 10.2 Å². The number of amides is 2. The van der Waals surface area contributed by atoms with Crippen LogP contribution in [-0.2, 0) is 9.59 Å². The molecule has 10 nitrogen and oxygen atoms in total. The Morgan fingerprint density at radius 3 is 1.21 bits per heavy atom. The smallest absolute Gasteiger partial charge is 0.325 e. The molecule has 1 rings (SSSR count). The first-order valence-electron chi connectivity index (χ1n) is 6.39. The zero-order valence-electron chi connectivity index (χ0n) is 13.0. The number of nitrogens with one attached hydrogen (secondary N) is 2. The van der Waals surface area contributed by atoms with Gasteiger partial charge < -0.3 is 31.8 Å². The predicted octanol–water partition coefficient (Wildman–Crippen LogP) is -1.56. The molecule has 24 heavy (non-hydrogen) atoms. The molecule has 8 N–H and O–H groups in total. The van der Waals surface area contributed by atoms with Crippen LogP contribution in [0.4, 0.5) is 0 Å². The van der Waals surface area contributed by atoms with E-state index in [1.54, 1.807) is 0 Å². The van der Waals surface area contributed by atoms with Crippen molar-refractivity contribution in [2.75, 3.05) is 0 Å². The number of hydrogen-bond donors (Lipinski definition) is 4. The Balaban J connectivity index is 0. The van der Waals surface area contributed by atoms with Crippen molar-refractivity contribution >= 4 is 23.8 Å². The SMILES string of the molecule is C[C@H](NC(=O)c1ccc(C(=O)N[C@@H](C)C(=O)O)cc1)C(=O)O.O.O. The lowest BCUT2D eigenvalue weighted by atomic mass is 10.1. The Hall–Kier alpha value is -2.98. The van der Waals surface area contributed by atoms with E-state index in [9.17, 15) is 19.2 Å². The number of carbonyl (C=O) groups excluding carboxylic acids is 2. The van der Waals surface area contributed by atoms with Gasteiger partial charge in [0.1, 0.15) is 12.1 Å². The fourth-order valence-corrected chi connectivity index (χ4v) is 1.46. The minimum Gasteiger partial charge on any atom is -0.480 e. The standard InChI is InChI=1S/C14H16N2O6.2H2O/c1-7(13(19)20)15-11(17)9-3-5-10(6-4-9)12(18)16-8(2)14(21)22;;/h3-8H,1-2H3,(H,15,17)(H,16,18)(H,19,20)(H,21,22);2*1H2/t7-,8-;;/m0../s1. The molecular formula is C14H20N2O8. The molecule has 0 heterocycles. The molecule has 0 saturated carbocycles. The predicted molar refractivity (Wildman–Crippen MR) is 82.8 cm³/mol. The summed E-state index contributed by atoms with van der Waals surface area (Å²) in [5.74, 6) is -3.49. The Kier molecular flexibility index (Phi) is 9.63. The van der Waals surface area contributed by atoms with Crippen molar-refractivity contribution in [2.24, 2.45) is 0 Å². The molecule has 134 valence electrons. The second-order valence-electron chi connectivity index (χ2n) is 4.64.